The third-order valence-electron chi connectivity index (χ3n) is 3.98. The minimum Gasteiger partial charge on any atom is -0.491 e. The molecule has 0 amide bonds. The van der Waals surface area contributed by atoms with Gasteiger partial charge in [-0.15, -0.1) is 0 Å². The number of hydrogen-bond acceptors (Lipinski definition) is 4. The zero-order valence-electron chi connectivity index (χ0n) is 12.8. The number of halogens is 1. The van der Waals surface area contributed by atoms with E-state index in [1.807, 2.05) is 0 Å². The van der Waals surface area contributed by atoms with Crippen LogP contribution >= 0.6 is 0 Å². The molecule has 0 aromatic heterocycles. The number of nitrogens with one attached hydrogen (secondary N) is 1. The summed E-state index contributed by atoms with van der Waals surface area (Å²) in [6.45, 7) is 5.12. The van der Waals surface area contributed by atoms with E-state index in [4.69, 9.17) is 4.74 Å². The van der Waals surface area contributed by atoms with Crippen LogP contribution in [-0.4, -0.2) is 55.4 Å². The van der Waals surface area contributed by atoms with E-state index in [1.165, 1.54) is 12.1 Å². The quantitative estimate of drug-likeness (QED) is 0.835. The smallest absolute Gasteiger partial charge is 0.123 e. The predicted octanol–water partition coefficient (Wildman–Crippen LogP) is 1.50. The van der Waals surface area contributed by atoms with Crippen LogP contribution < -0.4 is 10.1 Å². The van der Waals surface area contributed by atoms with Crippen LogP contribution in [0, 0.1) is 11.7 Å². The van der Waals surface area contributed by atoms with E-state index < -0.39 is 6.10 Å². The summed E-state index contributed by atoms with van der Waals surface area (Å²) in [6.07, 6.45) is 0.533. The van der Waals surface area contributed by atoms with Gasteiger partial charge in [-0.2, -0.15) is 0 Å². The van der Waals surface area contributed by atoms with Crippen molar-refractivity contribution in [3.05, 3.63) is 30.1 Å². The number of aliphatic hydroxyl groups is 1. The maximum Gasteiger partial charge on any atom is 0.123 e. The average molecular weight is 296 g/mol. The van der Waals surface area contributed by atoms with Crippen molar-refractivity contribution in [2.75, 3.05) is 33.3 Å². The van der Waals surface area contributed by atoms with Gasteiger partial charge in [0.2, 0.25) is 0 Å². The Labute approximate surface area is 125 Å². The SMILES string of the molecule is CC1CN(C)CCC1NCC(O)COc1ccc(F)cc1. The van der Waals surface area contributed by atoms with E-state index in [2.05, 4.69) is 24.2 Å². The Balaban J connectivity index is 1.67. The third kappa shape index (κ3) is 5.26. The number of ether oxygens (including phenoxy) is 1. The number of benzene rings is 1. The second-order valence-electron chi connectivity index (χ2n) is 5.96. The molecule has 0 radical (unpaired) electrons. The zero-order chi connectivity index (χ0) is 15.2. The predicted molar refractivity (Wildman–Crippen MR) is 81.0 cm³/mol. The van der Waals surface area contributed by atoms with Crippen molar-refractivity contribution in [2.24, 2.45) is 5.92 Å². The van der Waals surface area contributed by atoms with Gasteiger partial charge in [0, 0.05) is 19.1 Å². The highest BCUT2D eigenvalue weighted by Gasteiger charge is 2.24. The molecule has 0 aliphatic carbocycles. The second-order valence-corrected chi connectivity index (χ2v) is 5.96. The van der Waals surface area contributed by atoms with Crippen LogP contribution in [0.15, 0.2) is 24.3 Å². The molecule has 118 valence electrons. The molecule has 1 saturated heterocycles. The lowest BCUT2D eigenvalue weighted by molar-refractivity contribution is 0.0932. The molecule has 4 nitrogen and oxygen atoms in total. The Hall–Kier alpha value is -1.17. The summed E-state index contributed by atoms with van der Waals surface area (Å²) < 4.78 is 18.2. The van der Waals surface area contributed by atoms with Gasteiger partial charge in [0.25, 0.3) is 0 Å². The van der Waals surface area contributed by atoms with Crippen molar-refractivity contribution in [1.82, 2.24) is 10.2 Å². The monoisotopic (exact) mass is 296 g/mol. The largest absolute Gasteiger partial charge is 0.491 e. The first-order valence-electron chi connectivity index (χ1n) is 7.53. The van der Waals surface area contributed by atoms with Crippen molar-refractivity contribution in [3.8, 4) is 5.75 Å². The van der Waals surface area contributed by atoms with Gasteiger partial charge in [0.15, 0.2) is 0 Å². The number of hydrogen-bond donors (Lipinski definition) is 2. The number of aliphatic hydroxyl groups excluding tert-OH is 1. The van der Waals surface area contributed by atoms with E-state index >= 15 is 0 Å². The first-order chi connectivity index (χ1) is 10.0. The molecule has 2 N–H and O–H groups in total. The van der Waals surface area contributed by atoms with Gasteiger partial charge in [-0.25, -0.2) is 4.39 Å². The maximum absolute atomic E-state index is 12.8. The lowest BCUT2D eigenvalue weighted by atomic mass is 9.94. The Kier molecular flexibility index (Phi) is 5.96. The van der Waals surface area contributed by atoms with Crippen molar-refractivity contribution >= 4 is 0 Å². The minimum atomic E-state index is -0.568. The molecule has 0 spiro atoms. The average Bonchev–Trinajstić information content (AvgIpc) is 2.46. The molecule has 21 heavy (non-hydrogen) atoms. The van der Waals surface area contributed by atoms with Crippen LogP contribution in [0.25, 0.3) is 0 Å². The highest BCUT2D eigenvalue weighted by atomic mass is 19.1. The number of nitrogens with zero attached hydrogens (tertiary/aromatic N) is 1. The molecule has 1 aliphatic heterocycles. The molecule has 3 atom stereocenters. The number of piperidine rings is 1. The topological polar surface area (TPSA) is 44.7 Å². The van der Waals surface area contributed by atoms with Gasteiger partial charge in [-0.1, -0.05) is 6.92 Å². The van der Waals surface area contributed by atoms with Crippen molar-refractivity contribution < 1.29 is 14.2 Å². The molecular formula is C16H25FN2O2. The first-order valence-corrected chi connectivity index (χ1v) is 7.53. The lowest BCUT2D eigenvalue weighted by Gasteiger charge is -2.35. The molecule has 0 bridgehead atoms. The third-order valence-corrected chi connectivity index (χ3v) is 3.98. The Bertz CT molecular complexity index is 427. The van der Waals surface area contributed by atoms with Crippen LogP contribution in [-0.2, 0) is 0 Å². The van der Waals surface area contributed by atoms with Crippen LogP contribution in [0.2, 0.25) is 0 Å². The standard InChI is InChI=1S/C16H25FN2O2/c1-12-10-19(2)8-7-16(12)18-9-14(20)11-21-15-5-3-13(17)4-6-15/h3-6,12,14,16,18,20H,7-11H2,1-2H3. The highest BCUT2D eigenvalue weighted by Crippen LogP contribution is 2.15. The molecule has 1 heterocycles. The molecule has 1 aliphatic rings. The number of rotatable bonds is 6. The Morgan fingerprint density at radius 2 is 2.14 bits per heavy atom. The fourth-order valence-corrected chi connectivity index (χ4v) is 2.73. The minimum absolute atomic E-state index is 0.208. The number of likely N-dealkylation sites (tertiary alicyclic amines) is 1. The van der Waals surface area contributed by atoms with Gasteiger partial charge in [0.1, 0.15) is 24.3 Å². The maximum atomic E-state index is 12.8. The van der Waals surface area contributed by atoms with Crippen molar-refractivity contribution in [1.29, 1.82) is 0 Å². The summed E-state index contributed by atoms with van der Waals surface area (Å²) in [5.41, 5.74) is 0. The fourth-order valence-electron chi connectivity index (χ4n) is 2.73. The van der Waals surface area contributed by atoms with E-state index in [1.54, 1.807) is 12.1 Å². The van der Waals surface area contributed by atoms with E-state index in [9.17, 15) is 9.50 Å². The summed E-state index contributed by atoms with van der Waals surface area (Å²) in [7, 11) is 2.14. The molecule has 1 aromatic rings. The van der Waals surface area contributed by atoms with Crippen LogP contribution in [0.1, 0.15) is 13.3 Å². The van der Waals surface area contributed by atoms with Gasteiger partial charge in [-0.05, 0) is 50.2 Å². The Morgan fingerprint density at radius 1 is 1.43 bits per heavy atom. The lowest BCUT2D eigenvalue weighted by Crippen LogP contribution is -2.49. The first kappa shape index (κ1) is 16.2. The van der Waals surface area contributed by atoms with Crippen LogP contribution in [0.5, 0.6) is 5.75 Å². The molecule has 3 unspecified atom stereocenters. The Morgan fingerprint density at radius 3 is 2.81 bits per heavy atom. The normalized spacial score (nSPS) is 24.8. The van der Waals surface area contributed by atoms with Gasteiger partial charge in [-0.3, -0.25) is 0 Å². The summed E-state index contributed by atoms with van der Waals surface area (Å²) in [6, 6.07) is 6.27. The van der Waals surface area contributed by atoms with Crippen LogP contribution in [0.3, 0.4) is 0 Å². The molecule has 2 rings (SSSR count). The van der Waals surface area contributed by atoms with Gasteiger partial charge < -0.3 is 20.1 Å². The summed E-state index contributed by atoms with van der Waals surface area (Å²) >= 11 is 0. The fraction of sp³-hybridized carbons (Fsp3) is 0.625. The molecule has 5 heteroatoms. The van der Waals surface area contributed by atoms with Crippen molar-refractivity contribution in [3.63, 3.8) is 0 Å². The summed E-state index contributed by atoms with van der Waals surface area (Å²) in [5.74, 6) is 0.859. The van der Waals surface area contributed by atoms with Crippen LogP contribution in [0.4, 0.5) is 4.39 Å². The van der Waals surface area contributed by atoms with E-state index in [-0.39, 0.29) is 12.4 Å². The zero-order valence-corrected chi connectivity index (χ0v) is 12.8. The van der Waals surface area contributed by atoms with Gasteiger partial charge >= 0.3 is 0 Å². The molecular weight excluding hydrogens is 271 g/mol. The van der Waals surface area contributed by atoms with Crippen molar-refractivity contribution in [2.45, 2.75) is 25.5 Å². The van der Waals surface area contributed by atoms with E-state index in [0.29, 0.717) is 24.3 Å². The van der Waals surface area contributed by atoms with E-state index in [0.717, 1.165) is 19.5 Å². The molecule has 1 aromatic carbocycles. The summed E-state index contributed by atoms with van der Waals surface area (Å²) in [4.78, 5) is 2.33. The van der Waals surface area contributed by atoms with Gasteiger partial charge in [0.05, 0.1) is 0 Å². The summed E-state index contributed by atoms with van der Waals surface area (Å²) in [5, 5.41) is 13.4. The molecule has 1 fully saturated rings. The molecule has 0 saturated carbocycles. The highest BCUT2D eigenvalue weighted by molar-refractivity contribution is 5.22. The second kappa shape index (κ2) is 7.73.